The number of phenolic OH excluding ortho intramolecular Hbond substituents is 4. The first-order valence-corrected chi connectivity index (χ1v) is 6.70. The quantitative estimate of drug-likeness (QED) is 0.435. The van der Waals surface area contributed by atoms with Gasteiger partial charge in [-0.2, -0.15) is 0 Å². The average molecular weight is 308 g/mol. The number of thioether (sulfide) groups is 1. The number of phenols is 4. The van der Waals surface area contributed by atoms with Gasteiger partial charge in [0.15, 0.2) is 23.0 Å². The summed E-state index contributed by atoms with van der Waals surface area (Å²) in [4.78, 5) is 11.8. The average Bonchev–Trinajstić information content (AvgIpc) is 2.43. The Hall–Kier alpha value is -2.54. The predicted octanol–water partition coefficient (Wildman–Crippen LogP) is 2.43. The van der Waals surface area contributed by atoms with Gasteiger partial charge in [0.25, 0.3) is 0 Å². The second kappa shape index (κ2) is 5.84. The predicted molar refractivity (Wildman–Crippen MR) is 75.8 cm³/mol. The number of carboxylic acids is 1. The molecule has 110 valence electrons. The fourth-order valence-corrected chi connectivity index (χ4v) is 2.66. The Kier molecular flexibility index (Phi) is 4.13. The smallest absolute Gasteiger partial charge is 0.321 e. The minimum atomic E-state index is -1.14. The highest BCUT2D eigenvalue weighted by Gasteiger charge is 2.22. The molecule has 6 nitrogen and oxygen atoms in total. The molecular weight excluding hydrogens is 296 g/mol. The van der Waals surface area contributed by atoms with Gasteiger partial charge in [0.2, 0.25) is 0 Å². The Balaban J connectivity index is 2.32. The summed E-state index contributed by atoms with van der Waals surface area (Å²) in [6, 6.07) is 7.73. The zero-order chi connectivity index (χ0) is 15.6. The number of rotatable bonds is 4. The van der Waals surface area contributed by atoms with Crippen LogP contribution < -0.4 is 0 Å². The highest BCUT2D eigenvalue weighted by Crippen LogP contribution is 2.40. The van der Waals surface area contributed by atoms with Crippen LogP contribution in [0.3, 0.4) is 0 Å². The number of benzene rings is 2. The third-order valence-electron chi connectivity index (χ3n) is 2.73. The van der Waals surface area contributed by atoms with Crippen LogP contribution in [-0.2, 0) is 4.79 Å². The van der Waals surface area contributed by atoms with Gasteiger partial charge in [-0.05, 0) is 35.9 Å². The maximum absolute atomic E-state index is 11.4. The van der Waals surface area contributed by atoms with Crippen LogP contribution >= 0.6 is 11.8 Å². The highest BCUT2D eigenvalue weighted by atomic mass is 32.2. The lowest BCUT2D eigenvalue weighted by Crippen LogP contribution is -2.07. The zero-order valence-electron chi connectivity index (χ0n) is 10.6. The number of aromatic hydroxyl groups is 4. The fourth-order valence-electron chi connectivity index (χ4n) is 1.68. The molecular formula is C14H12O6S. The van der Waals surface area contributed by atoms with Crippen molar-refractivity contribution in [3.63, 3.8) is 0 Å². The van der Waals surface area contributed by atoms with Crippen molar-refractivity contribution in [2.75, 3.05) is 0 Å². The highest BCUT2D eigenvalue weighted by molar-refractivity contribution is 8.00. The van der Waals surface area contributed by atoms with E-state index in [9.17, 15) is 30.3 Å². The van der Waals surface area contributed by atoms with Crippen LogP contribution in [0.5, 0.6) is 23.0 Å². The van der Waals surface area contributed by atoms with Gasteiger partial charge in [0, 0.05) is 4.90 Å². The van der Waals surface area contributed by atoms with Gasteiger partial charge >= 0.3 is 5.97 Å². The molecule has 7 heteroatoms. The monoisotopic (exact) mass is 308 g/mol. The summed E-state index contributed by atoms with van der Waals surface area (Å²) in [6.07, 6.45) is 0. The van der Waals surface area contributed by atoms with E-state index in [1.165, 1.54) is 36.4 Å². The Morgan fingerprint density at radius 3 is 1.95 bits per heavy atom. The van der Waals surface area contributed by atoms with Crippen LogP contribution in [0.25, 0.3) is 0 Å². The Morgan fingerprint density at radius 1 is 0.857 bits per heavy atom. The van der Waals surface area contributed by atoms with E-state index in [-0.39, 0.29) is 22.8 Å². The van der Waals surface area contributed by atoms with E-state index in [1.807, 2.05) is 0 Å². The summed E-state index contributed by atoms with van der Waals surface area (Å²) in [5.74, 6) is -2.54. The van der Waals surface area contributed by atoms with Crippen molar-refractivity contribution >= 4 is 17.7 Å². The summed E-state index contributed by atoms with van der Waals surface area (Å²) < 4.78 is 0. The van der Waals surface area contributed by atoms with Crippen LogP contribution in [0.4, 0.5) is 0 Å². The van der Waals surface area contributed by atoms with Crippen LogP contribution in [-0.4, -0.2) is 31.5 Å². The molecule has 0 aliphatic heterocycles. The Bertz CT molecular complexity index is 685. The van der Waals surface area contributed by atoms with Gasteiger partial charge in [-0.1, -0.05) is 6.07 Å². The largest absolute Gasteiger partial charge is 0.504 e. The van der Waals surface area contributed by atoms with Crippen molar-refractivity contribution in [2.24, 2.45) is 0 Å². The van der Waals surface area contributed by atoms with Crippen LogP contribution in [0.1, 0.15) is 10.8 Å². The molecule has 1 atom stereocenters. The van der Waals surface area contributed by atoms with Crippen molar-refractivity contribution in [3.05, 3.63) is 42.0 Å². The van der Waals surface area contributed by atoms with Crippen LogP contribution in [0, 0.1) is 0 Å². The second-order valence-electron chi connectivity index (χ2n) is 4.23. The van der Waals surface area contributed by atoms with Crippen LogP contribution in [0.2, 0.25) is 0 Å². The van der Waals surface area contributed by atoms with E-state index in [0.29, 0.717) is 4.90 Å². The standard InChI is InChI=1S/C14H12O6S/c15-9-3-1-7(5-11(9)17)13(14(19)20)21-8-2-4-10(16)12(18)6-8/h1-6,13,15-18H,(H,19,20). The Morgan fingerprint density at radius 2 is 1.43 bits per heavy atom. The molecule has 2 aromatic rings. The summed E-state index contributed by atoms with van der Waals surface area (Å²) in [5.41, 5.74) is 0.287. The van der Waals surface area contributed by atoms with Gasteiger partial charge in [0.1, 0.15) is 5.25 Å². The lowest BCUT2D eigenvalue weighted by Gasteiger charge is -2.13. The topological polar surface area (TPSA) is 118 Å². The molecule has 5 N–H and O–H groups in total. The molecule has 1 unspecified atom stereocenters. The van der Waals surface area contributed by atoms with Gasteiger partial charge < -0.3 is 25.5 Å². The lowest BCUT2D eigenvalue weighted by molar-refractivity contribution is -0.136. The van der Waals surface area contributed by atoms with Crippen molar-refractivity contribution in [2.45, 2.75) is 10.1 Å². The molecule has 0 heterocycles. The molecule has 0 saturated carbocycles. The molecule has 0 fully saturated rings. The van der Waals surface area contributed by atoms with Crippen molar-refractivity contribution < 1.29 is 30.3 Å². The molecule has 0 aromatic heterocycles. The third kappa shape index (κ3) is 3.32. The maximum Gasteiger partial charge on any atom is 0.321 e. The number of carboxylic acid groups (broad SMARTS) is 1. The number of hydrogen-bond donors (Lipinski definition) is 5. The molecule has 0 radical (unpaired) electrons. The molecule has 0 aliphatic carbocycles. The summed E-state index contributed by atoms with van der Waals surface area (Å²) in [7, 11) is 0. The first kappa shape index (κ1) is 14.9. The number of aliphatic carboxylic acids is 1. The van der Waals surface area contributed by atoms with E-state index >= 15 is 0 Å². The lowest BCUT2D eigenvalue weighted by atomic mass is 10.1. The first-order chi connectivity index (χ1) is 9.88. The normalized spacial score (nSPS) is 12.0. The minimum Gasteiger partial charge on any atom is -0.504 e. The minimum absolute atomic E-state index is 0.287. The van der Waals surface area contributed by atoms with E-state index in [4.69, 9.17) is 0 Å². The number of carbonyl (C=O) groups is 1. The van der Waals surface area contributed by atoms with E-state index in [1.54, 1.807) is 0 Å². The summed E-state index contributed by atoms with van der Waals surface area (Å²) in [6.45, 7) is 0. The molecule has 0 saturated heterocycles. The second-order valence-corrected chi connectivity index (χ2v) is 5.41. The van der Waals surface area contributed by atoms with Crippen molar-refractivity contribution in [1.29, 1.82) is 0 Å². The van der Waals surface area contributed by atoms with Crippen molar-refractivity contribution in [3.8, 4) is 23.0 Å². The summed E-state index contributed by atoms with van der Waals surface area (Å²) >= 11 is 0.924. The molecule has 2 aromatic carbocycles. The first-order valence-electron chi connectivity index (χ1n) is 5.82. The van der Waals surface area contributed by atoms with Crippen LogP contribution in [0.15, 0.2) is 41.3 Å². The summed E-state index contributed by atoms with van der Waals surface area (Å²) in [5, 5.41) is 45.6. The maximum atomic E-state index is 11.4. The molecule has 0 amide bonds. The van der Waals surface area contributed by atoms with E-state index < -0.39 is 17.0 Å². The van der Waals surface area contributed by atoms with Gasteiger partial charge in [-0.3, -0.25) is 4.79 Å². The zero-order valence-corrected chi connectivity index (χ0v) is 11.4. The SMILES string of the molecule is O=C(O)C(Sc1ccc(O)c(O)c1)c1ccc(O)c(O)c1. The fraction of sp³-hybridized carbons (Fsp3) is 0.0714. The number of hydrogen-bond acceptors (Lipinski definition) is 6. The molecule has 2 rings (SSSR count). The van der Waals surface area contributed by atoms with Gasteiger partial charge in [-0.15, -0.1) is 11.8 Å². The van der Waals surface area contributed by atoms with E-state index in [2.05, 4.69) is 0 Å². The van der Waals surface area contributed by atoms with Gasteiger partial charge in [0.05, 0.1) is 0 Å². The molecule has 0 spiro atoms. The molecule has 21 heavy (non-hydrogen) atoms. The third-order valence-corrected chi connectivity index (χ3v) is 3.96. The van der Waals surface area contributed by atoms with Gasteiger partial charge in [-0.25, -0.2) is 0 Å². The molecule has 0 bridgehead atoms. The molecule has 0 aliphatic rings. The Labute approximate surface area is 123 Å². The van der Waals surface area contributed by atoms with Crippen molar-refractivity contribution in [1.82, 2.24) is 0 Å². The van der Waals surface area contributed by atoms with E-state index in [0.717, 1.165) is 11.8 Å².